The lowest BCUT2D eigenvalue weighted by atomic mass is 10.00. The number of ether oxygens (including phenoxy) is 1. The van der Waals surface area contributed by atoms with Crippen LogP contribution in [-0.4, -0.2) is 12.1 Å². The molecule has 0 fully saturated rings. The Hall–Kier alpha value is -0.880. The molecule has 0 spiro atoms. The Labute approximate surface area is 101 Å². The molecule has 6 heteroatoms. The summed E-state index contributed by atoms with van der Waals surface area (Å²) in [5.41, 5.74) is 7.68. The number of rotatable bonds is 1. The van der Waals surface area contributed by atoms with Crippen LogP contribution in [-0.2, 0) is 5.75 Å². The summed E-state index contributed by atoms with van der Waals surface area (Å²) in [6.45, 7) is 0. The van der Waals surface area contributed by atoms with Crippen LogP contribution in [0.25, 0.3) is 0 Å². The van der Waals surface area contributed by atoms with E-state index in [9.17, 15) is 13.2 Å². The third kappa shape index (κ3) is 3.29. The monoisotopic (exact) mass is 263 g/mol. The van der Waals surface area contributed by atoms with Crippen LogP contribution in [0.2, 0.25) is 0 Å². The molecule has 17 heavy (non-hydrogen) atoms. The Morgan fingerprint density at radius 1 is 1.35 bits per heavy atom. The van der Waals surface area contributed by atoms with Crippen molar-refractivity contribution < 1.29 is 17.9 Å². The molecule has 2 N–H and O–H groups in total. The summed E-state index contributed by atoms with van der Waals surface area (Å²) < 4.78 is 40.2. The van der Waals surface area contributed by atoms with E-state index in [1.54, 1.807) is 17.8 Å². The minimum Gasteiger partial charge on any atom is -0.406 e. The third-order valence-electron chi connectivity index (χ3n) is 2.58. The first kappa shape index (κ1) is 12.6. The highest BCUT2D eigenvalue weighted by Crippen LogP contribution is 2.33. The smallest absolute Gasteiger partial charge is 0.406 e. The van der Waals surface area contributed by atoms with Gasteiger partial charge in [-0.25, -0.2) is 0 Å². The summed E-state index contributed by atoms with van der Waals surface area (Å²) in [5, 5.41) is 0. The minimum absolute atomic E-state index is 0.196. The fraction of sp³-hybridized carbons (Fsp3) is 0.455. The van der Waals surface area contributed by atoms with Crippen LogP contribution in [0.1, 0.15) is 23.6 Å². The first-order valence-electron chi connectivity index (χ1n) is 5.17. The highest BCUT2D eigenvalue weighted by Gasteiger charge is 2.31. The van der Waals surface area contributed by atoms with Crippen molar-refractivity contribution in [2.24, 2.45) is 5.73 Å². The van der Waals surface area contributed by atoms with E-state index in [1.807, 2.05) is 0 Å². The van der Waals surface area contributed by atoms with Gasteiger partial charge in [0.2, 0.25) is 0 Å². The SMILES string of the molecule is N[C@@H]1CCSCc2ccc(OC(F)(F)F)cc21. The van der Waals surface area contributed by atoms with Crippen LogP contribution in [0.5, 0.6) is 5.75 Å². The van der Waals surface area contributed by atoms with Gasteiger partial charge in [0.15, 0.2) is 0 Å². The highest BCUT2D eigenvalue weighted by atomic mass is 32.2. The van der Waals surface area contributed by atoms with Gasteiger partial charge >= 0.3 is 6.36 Å². The second kappa shape index (κ2) is 4.78. The zero-order valence-electron chi connectivity index (χ0n) is 8.96. The van der Waals surface area contributed by atoms with E-state index in [2.05, 4.69) is 4.74 Å². The second-order valence-electron chi connectivity index (χ2n) is 3.86. The molecule has 94 valence electrons. The van der Waals surface area contributed by atoms with Gasteiger partial charge in [-0.05, 0) is 35.4 Å². The first-order chi connectivity index (χ1) is 7.96. The number of hydrogen-bond acceptors (Lipinski definition) is 3. The first-order valence-corrected chi connectivity index (χ1v) is 6.33. The molecule has 0 saturated carbocycles. The normalized spacial score (nSPS) is 20.6. The van der Waals surface area contributed by atoms with Crippen molar-refractivity contribution in [3.8, 4) is 5.75 Å². The Morgan fingerprint density at radius 2 is 2.12 bits per heavy atom. The molecule has 1 aromatic rings. The summed E-state index contributed by atoms with van der Waals surface area (Å²) in [6, 6.07) is 4.19. The van der Waals surface area contributed by atoms with Crippen molar-refractivity contribution in [2.75, 3.05) is 5.75 Å². The molecule has 0 aliphatic carbocycles. The fourth-order valence-electron chi connectivity index (χ4n) is 1.79. The van der Waals surface area contributed by atoms with E-state index in [1.165, 1.54) is 12.1 Å². The Kier molecular flexibility index (Phi) is 3.53. The lowest BCUT2D eigenvalue weighted by molar-refractivity contribution is -0.274. The van der Waals surface area contributed by atoms with Crippen molar-refractivity contribution in [2.45, 2.75) is 24.6 Å². The van der Waals surface area contributed by atoms with Gasteiger partial charge in [-0.2, -0.15) is 11.8 Å². The van der Waals surface area contributed by atoms with Crippen molar-refractivity contribution in [1.29, 1.82) is 0 Å². The van der Waals surface area contributed by atoms with Gasteiger partial charge in [-0.1, -0.05) is 6.07 Å². The lowest BCUT2D eigenvalue weighted by Crippen LogP contribution is -2.18. The van der Waals surface area contributed by atoms with Crippen LogP contribution in [0.3, 0.4) is 0 Å². The topological polar surface area (TPSA) is 35.2 Å². The molecule has 2 rings (SSSR count). The molecule has 0 saturated heterocycles. The number of alkyl halides is 3. The van der Waals surface area contributed by atoms with E-state index in [0.29, 0.717) is 0 Å². The summed E-state index contributed by atoms with van der Waals surface area (Å²) in [4.78, 5) is 0. The Bertz CT molecular complexity index is 408. The van der Waals surface area contributed by atoms with Gasteiger partial charge in [0.1, 0.15) is 5.75 Å². The van der Waals surface area contributed by atoms with Crippen LogP contribution in [0, 0.1) is 0 Å². The largest absolute Gasteiger partial charge is 0.573 e. The lowest BCUT2D eigenvalue weighted by Gasteiger charge is -2.15. The predicted molar refractivity (Wildman–Crippen MR) is 60.8 cm³/mol. The predicted octanol–water partition coefficient (Wildman–Crippen LogP) is 3.22. The molecule has 0 amide bonds. The van der Waals surface area contributed by atoms with E-state index in [4.69, 9.17) is 5.73 Å². The van der Waals surface area contributed by atoms with Gasteiger partial charge < -0.3 is 10.5 Å². The standard InChI is InChI=1S/C11H12F3NOS/c12-11(13,14)16-8-2-1-7-6-17-4-3-10(15)9(7)5-8/h1-2,5,10H,3-4,6,15H2/t10-/m1/s1. The number of thioether (sulfide) groups is 1. The molecule has 2 nitrogen and oxygen atoms in total. The van der Waals surface area contributed by atoms with Crippen molar-refractivity contribution in [3.05, 3.63) is 29.3 Å². The van der Waals surface area contributed by atoms with Crippen LogP contribution < -0.4 is 10.5 Å². The number of fused-ring (bicyclic) bond motifs is 1. The zero-order valence-corrected chi connectivity index (χ0v) is 9.77. The molecule has 1 atom stereocenters. The fourth-order valence-corrected chi connectivity index (χ4v) is 2.84. The van der Waals surface area contributed by atoms with Crippen molar-refractivity contribution >= 4 is 11.8 Å². The van der Waals surface area contributed by atoms with Gasteiger partial charge in [-0.3, -0.25) is 0 Å². The molecule has 1 aliphatic rings. The quantitative estimate of drug-likeness (QED) is 0.845. The van der Waals surface area contributed by atoms with E-state index >= 15 is 0 Å². The molecule has 1 heterocycles. The molecule has 0 radical (unpaired) electrons. The maximum atomic E-state index is 12.1. The van der Waals surface area contributed by atoms with Crippen molar-refractivity contribution in [1.82, 2.24) is 0 Å². The Balaban J connectivity index is 2.28. The molecule has 1 aromatic carbocycles. The van der Waals surface area contributed by atoms with Gasteiger partial charge in [0.25, 0.3) is 0 Å². The van der Waals surface area contributed by atoms with E-state index in [-0.39, 0.29) is 11.8 Å². The van der Waals surface area contributed by atoms with Gasteiger partial charge in [0, 0.05) is 11.8 Å². The molecular formula is C11H12F3NOS. The summed E-state index contributed by atoms with van der Waals surface area (Å²) in [7, 11) is 0. The molecule has 0 aromatic heterocycles. The van der Waals surface area contributed by atoms with Crippen LogP contribution >= 0.6 is 11.8 Å². The summed E-state index contributed by atoms with van der Waals surface area (Å²) >= 11 is 1.74. The number of nitrogens with two attached hydrogens (primary N) is 1. The highest BCUT2D eigenvalue weighted by molar-refractivity contribution is 7.98. The maximum absolute atomic E-state index is 12.1. The zero-order chi connectivity index (χ0) is 12.5. The van der Waals surface area contributed by atoms with Crippen molar-refractivity contribution in [3.63, 3.8) is 0 Å². The number of benzene rings is 1. The molecule has 0 bridgehead atoms. The van der Waals surface area contributed by atoms with Crippen LogP contribution in [0.15, 0.2) is 18.2 Å². The minimum atomic E-state index is -4.65. The summed E-state index contributed by atoms with van der Waals surface area (Å²) in [5.74, 6) is 1.51. The van der Waals surface area contributed by atoms with E-state index < -0.39 is 6.36 Å². The maximum Gasteiger partial charge on any atom is 0.573 e. The number of hydrogen-bond donors (Lipinski definition) is 1. The number of halogens is 3. The van der Waals surface area contributed by atoms with Gasteiger partial charge in [-0.15, -0.1) is 13.2 Å². The summed E-state index contributed by atoms with van der Waals surface area (Å²) in [6.07, 6.45) is -3.88. The third-order valence-corrected chi connectivity index (χ3v) is 3.62. The molecule has 1 aliphatic heterocycles. The molecular weight excluding hydrogens is 251 g/mol. The van der Waals surface area contributed by atoms with E-state index in [0.717, 1.165) is 29.1 Å². The Morgan fingerprint density at radius 3 is 2.82 bits per heavy atom. The average molecular weight is 263 g/mol. The molecule has 0 unspecified atom stereocenters. The average Bonchev–Trinajstić information content (AvgIpc) is 2.39. The van der Waals surface area contributed by atoms with Gasteiger partial charge in [0.05, 0.1) is 0 Å². The van der Waals surface area contributed by atoms with Crippen LogP contribution in [0.4, 0.5) is 13.2 Å². The second-order valence-corrected chi connectivity index (χ2v) is 4.96.